The molecule has 8 nitrogen and oxygen atoms in total. The fraction of sp³-hybridized carbons (Fsp3) is 0. The van der Waals surface area contributed by atoms with Crippen LogP contribution in [0.4, 0.5) is 0 Å². The van der Waals surface area contributed by atoms with Gasteiger partial charge in [0.25, 0.3) is 5.91 Å². The number of phenols is 1. The summed E-state index contributed by atoms with van der Waals surface area (Å²) in [5.74, 6) is -0.756. The number of imidazole rings is 1. The van der Waals surface area contributed by atoms with E-state index in [0.717, 1.165) is 0 Å². The third kappa shape index (κ3) is 2.88. The second-order valence-corrected chi connectivity index (χ2v) is 6.63. The van der Waals surface area contributed by atoms with Gasteiger partial charge in [-0.15, -0.1) is 0 Å². The van der Waals surface area contributed by atoms with Crippen molar-refractivity contribution in [3.05, 3.63) is 68.7 Å². The molecule has 0 aliphatic rings. The topological polar surface area (TPSA) is 127 Å². The van der Waals surface area contributed by atoms with Crippen molar-refractivity contribution in [3.8, 4) is 22.8 Å². The van der Waals surface area contributed by atoms with Gasteiger partial charge in [-0.3, -0.25) is 4.79 Å². The Bertz CT molecular complexity index is 1310. The highest BCUT2D eigenvalue weighted by atomic mass is 35.5. The third-order valence-electron chi connectivity index (χ3n) is 4.05. The number of aromatic hydroxyl groups is 1. The lowest BCUT2D eigenvalue weighted by Crippen LogP contribution is -2.15. The van der Waals surface area contributed by atoms with Gasteiger partial charge in [0.05, 0.1) is 15.7 Å². The molecule has 1 amide bonds. The van der Waals surface area contributed by atoms with Crippen LogP contribution in [0.15, 0.2) is 47.3 Å². The molecule has 140 valence electrons. The minimum Gasteiger partial charge on any atom is -0.508 e. The maximum Gasteiger partial charge on any atom is 0.332 e. The first-order valence-electron chi connectivity index (χ1n) is 7.93. The predicted molar refractivity (Wildman–Crippen MR) is 105 cm³/mol. The Labute approximate surface area is 167 Å². The second-order valence-electron chi connectivity index (χ2n) is 5.85. The lowest BCUT2D eigenvalue weighted by molar-refractivity contribution is 0.0997. The molecule has 0 fully saturated rings. The van der Waals surface area contributed by atoms with E-state index >= 15 is 0 Å². The van der Waals surface area contributed by atoms with Crippen LogP contribution in [0, 0.1) is 0 Å². The van der Waals surface area contributed by atoms with Crippen molar-refractivity contribution in [2.24, 2.45) is 5.73 Å². The standard InChI is InChI=1S/C18H11Cl2N5O3/c19-10-5-2-6-11(12(10)20)25-17-14(23-18(25)28)13(15(21)27)22-16(24-17)8-3-1-4-9(26)7-8/h1-7,26H,(H2,21,27)(H,23,28). The van der Waals surface area contributed by atoms with Gasteiger partial charge in [-0.2, -0.15) is 0 Å². The first-order chi connectivity index (χ1) is 13.4. The number of hydrogen-bond donors (Lipinski definition) is 3. The van der Waals surface area contributed by atoms with Gasteiger partial charge < -0.3 is 15.8 Å². The fourth-order valence-electron chi connectivity index (χ4n) is 2.83. The SMILES string of the molecule is NC(=O)c1nc(-c2cccc(O)c2)nc2c1[nH]c(=O)n2-c1cccc(Cl)c1Cl. The Morgan fingerprint density at radius 3 is 2.61 bits per heavy atom. The van der Waals surface area contributed by atoms with Crippen LogP contribution >= 0.6 is 23.2 Å². The predicted octanol–water partition coefficient (Wildman–Crippen LogP) is 2.89. The molecule has 2 aromatic carbocycles. The smallest absolute Gasteiger partial charge is 0.332 e. The summed E-state index contributed by atoms with van der Waals surface area (Å²) in [6, 6.07) is 10.9. The van der Waals surface area contributed by atoms with Crippen molar-refractivity contribution < 1.29 is 9.90 Å². The van der Waals surface area contributed by atoms with Crippen molar-refractivity contribution in [3.63, 3.8) is 0 Å². The number of amides is 1. The molecule has 2 heterocycles. The zero-order valence-electron chi connectivity index (χ0n) is 14.0. The molecule has 0 spiro atoms. The minimum absolute atomic E-state index is 0.00818. The maximum absolute atomic E-state index is 12.6. The number of benzene rings is 2. The maximum atomic E-state index is 12.6. The number of primary amides is 1. The van der Waals surface area contributed by atoms with Crippen molar-refractivity contribution in [2.75, 3.05) is 0 Å². The molecule has 0 atom stereocenters. The van der Waals surface area contributed by atoms with Crippen LogP contribution in [-0.2, 0) is 0 Å². The molecule has 0 bridgehead atoms. The number of aromatic nitrogens is 4. The average molecular weight is 416 g/mol. The summed E-state index contributed by atoms with van der Waals surface area (Å²) in [6.07, 6.45) is 0. The van der Waals surface area contributed by atoms with Gasteiger partial charge in [0.1, 0.15) is 11.3 Å². The quantitative estimate of drug-likeness (QED) is 0.473. The molecule has 0 aliphatic carbocycles. The van der Waals surface area contributed by atoms with E-state index < -0.39 is 11.6 Å². The number of halogens is 2. The molecule has 0 unspecified atom stereocenters. The Morgan fingerprint density at radius 1 is 1.14 bits per heavy atom. The largest absolute Gasteiger partial charge is 0.508 e. The molecule has 10 heteroatoms. The number of phenolic OH excluding ortho intramolecular Hbond substituents is 1. The summed E-state index contributed by atoms with van der Waals surface area (Å²) < 4.78 is 1.18. The van der Waals surface area contributed by atoms with Gasteiger partial charge >= 0.3 is 5.69 Å². The summed E-state index contributed by atoms with van der Waals surface area (Å²) >= 11 is 12.3. The number of H-pyrrole nitrogens is 1. The first-order valence-corrected chi connectivity index (χ1v) is 8.69. The van der Waals surface area contributed by atoms with Gasteiger partial charge in [0, 0.05) is 5.56 Å². The number of aromatic amines is 1. The van der Waals surface area contributed by atoms with Gasteiger partial charge in [-0.25, -0.2) is 19.3 Å². The molecule has 0 saturated carbocycles. The number of carbonyl (C=O) groups is 1. The van der Waals surface area contributed by atoms with Crippen LogP contribution in [0.3, 0.4) is 0 Å². The van der Waals surface area contributed by atoms with Gasteiger partial charge in [0.15, 0.2) is 17.2 Å². The van der Waals surface area contributed by atoms with E-state index in [2.05, 4.69) is 15.0 Å². The third-order valence-corrected chi connectivity index (χ3v) is 4.86. The Morgan fingerprint density at radius 2 is 1.89 bits per heavy atom. The Hall–Kier alpha value is -3.36. The molecule has 4 aromatic rings. The lowest BCUT2D eigenvalue weighted by atomic mass is 10.2. The number of fused-ring (bicyclic) bond motifs is 1. The normalized spacial score (nSPS) is 11.1. The highest BCUT2D eigenvalue weighted by Gasteiger charge is 2.21. The Kier molecular flexibility index (Phi) is 4.29. The van der Waals surface area contributed by atoms with Crippen LogP contribution in [0.5, 0.6) is 5.75 Å². The van der Waals surface area contributed by atoms with Crippen LogP contribution < -0.4 is 11.4 Å². The van der Waals surface area contributed by atoms with Crippen LogP contribution in [0.2, 0.25) is 10.0 Å². The first kappa shape index (κ1) is 18.0. The number of rotatable bonds is 3. The van der Waals surface area contributed by atoms with E-state index in [1.54, 1.807) is 30.3 Å². The van der Waals surface area contributed by atoms with E-state index in [4.69, 9.17) is 28.9 Å². The zero-order chi connectivity index (χ0) is 20.0. The molecular weight excluding hydrogens is 405 g/mol. The molecule has 4 N–H and O–H groups in total. The van der Waals surface area contributed by atoms with Crippen molar-refractivity contribution >= 4 is 40.3 Å². The lowest BCUT2D eigenvalue weighted by Gasteiger charge is -2.08. The molecule has 28 heavy (non-hydrogen) atoms. The number of hydrogen-bond acceptors (Lipinski definition) is 5. The second kappa shape index (κ2) is 6.66. The molecule has 2 aromatic heterocycles. The monoisotopic (exact) mass is 415 g/mol. The zero-order valence-corrected chi connectivity index (χ0v) is 15.5. The molecular formula is C18H11Cl2N5O3. The van der Waals surface area contributed by atoms with Crippen molar-refractivity contribution in [1.82, 2.24) is 19.5 Å². The molecule has 0 aliphatic heterocycles. The van der Waals surface area contributed by atoms with E-state index in [1.165, 1.54) is 16.7 Å². The summed E-state index contributed by atoms with van der Waals surface area (Å²) in [6.45, 7) is 0. The fourth-order valence-corrected chi connectivity index (χ4v) is 3.21. The van der Waals surface area contributed by atoms with E-state index in [1.807, 2.05) is 0 Å². The summed E-state index contributed by atoms with van der Waals surface area (Å²) in [4.78, 5) is 35.7. The van der Waals surface area contributed by atoms with Crippen LogP contribution in [0.1, 0.15) is 10.5 Å². The number of nitrogens with one attached hydrogen (secondary N) is 1. The number of carbonyl (C=O) groups excluding carboxylic acids is 1. The summed E-state index contributed by atoms with van der Waals surface area (Å²) in [5.41, 5.74) is 5.56. The number of nitrogens with zero attached hydrogens (tertiary/aromatic N) is 3. The summed E-state index contributed by atoms with van der Waals surface area (Å²) in [5, 5.41) is 10.1. The highest BCUT2D eigenvalue weighted by Crippen LogP contribution is 2.30. The average Bonchev–Trinajstić information content (AvgIpc) is 2.98. The molecule has 0 radical (unpaired) electrons. The van der Waals surface area contributed by atoms with Crippen molar-refractivity contribution in [2.45, 2.75) is 0 Å². The van der Waals surface area contributed by atoms with E-state index in [9.17, 15) is 14.7 Å². The van der Waals surface area contributed by atoms with Gasteiger partial charge in [-0.05, 0) is 24.3 Å². The highest BCUT2D eigenvalue weighted by molar-refractivity contribution is 6.43. The van der Waals surface area contributed by atoms with E-state index in [0.29, 0.717) is 5.56 Å². The Balaban J connectivity index is 2.10. The van der Waals surface area contributed by atoms with E-state index in [-0.39, 0.29) is 44.2 Å². The minimum atomic E-state index is -0.848. The molecule has 4 rings (SSSR count). The van der Waals surface area contributed by atoms with Crippen molar-refractivity contribution in [1.29, 1.82) is 0 Å². The van der Waals surface area contributed by atoms with Gasteiger partial charge in [-0.1, -0.05) is 41.4 Å². The van der Waals surface area contributed by atoms with Gasteiger partial charge in [0.2, 0.25) is 0 Å². The number of nitrogens with two attached hydrogens (primary N) is 1. The summed E-state index contributed by atoms with van der Waals surface area (Å²) in [7, 11) is 0. The molecule has 0 saturated heterocycles. The van der Waals surface area contributed by atoms with Crippen LogP contribution in [0.25, 0.3) is 28.2 Å². The van der Waals surface area contributed by atoms with Crippen LogP contribution in [-0.4, -0.2) is 30.5 Å².